The fraction of sp³-hybridized carbons (Fsp3) is 0.400. The maximum Gasteiger partial charge on any atom is 0.0683 e. The molecule has 0 radical (unpaired) electrons. The lowest BCUT2D eigenvalue weighted by molar-refractivity contribution is 0.590. The van der Waals surface area contributed by atoms with Gasteiger partial charge >= 0.3 is 0 Å². The van der Waals surface area contributed by atoms with Crippen LogP contribution in [0.25, 0.3) is 0 Å². The number of para-hydroxylation sites is 1. The largest absolute Gasteiger partial charge is 0.362 e. The summed E-state index contributed by atoms with van der Waals surface area (Å²) in [6, 6.07) is 11.1. The molecular formula is C15H20N4. The zero-order chi connectivity index (χ0) is 13.2. The molecule has 3 rings (SSSR count). The summed E-state index contributed by atoms with van der Waals surface area (Å²) in [6.07, 6.45) is 1.87. The first-order valence-corrected chi connectivity index (χ1v) is 6.80. The number of aryl methyl sites for hydroxylation is 1. The number of nitrogens with one attached hydrogen (secondary N) is 1. The van der Waals surface area contributed by atoms with Crippen molar-refractivity contribution in [2.45, 2.75) is 19.5 Å². The number of fused-ring (bicyclic) bond motifs is 1. The van der Waals surface area contributed by atoms with Gasteiger partial charge in [-0.15, -0.1) is 0 Å². The quantitative estimate of drug-likeness (QED) is 0.893. The molecule has 1 aromatic carbocycles. The average molecular weight is 256 g/mol. The van der Waals surface area contributed by atoms with Crippen LogP contribution in [0.4, 0.5) is 5.69 Å². The summed E-state index contributed by atoms with van der Waals surface area (Å²) < 4.78 is 1.96. The van der Waals surface area contributed by atoms with Gasteiger partial charge in [-0.25, -0.2) is 0 Å². The van der Waals surface area contributed by atoms with Crippen molar-refractivity contribution in [3.63, 3.8) is 0 Å². The van der Waals surface area contributed by atoms with Gasteiger partial charge in [0.1, 0.15) is 0 Å². The molecule has 0 amide bonds. The van der Waals surface area contributed by atoms with Crippen LogP contribution in [-0.4, -0.2) is 22.9 Å². The normalized spacial score (nSPS) is 16.8. The first kappa shape index (κ1) is 12.2. The molecule has 1 aliphatic rings. The minimum Gasteiger partial charge on any atom is -0.362 e. The summed E-state index contributed by atoms with van der Waals surface area (Å²) in [5.41, 5.74) is 3.95. The van der Waals surface area contributed by atoms with Crippen molar-refractivity contribution < 1.29 is 0 Å². The molecule has 1 atom stereocenters. The second-order valence-electron chi connectivity index (χ2n) is 5.05. The van der Waals surface area contributed by atoms with Crippen LogP contribution in [0.1, 0.15) is 24.2 Å². The molecule has 19 heavy (non-hydrogen) atoms. The predicted molar refractivity (Wildman–Crippen MR) is 77.1 cm³/mol. The van der Waals surface area contributed by atoms with Crippen LogP contribution < -0.4 is 10.2 Å². The molecule has 0 saturated carbocycles. The molecule has 0 saturated heterocycles. The second-order valence-corrected chi connectivity index (χ2v) is 5.05. The number of aromatic nitrogens is 2. The third kappa shape index (κ3) is 2.24. The predicted octanol–water partition coefficient (Wildman–Crippen LogP) is 2.09. The Morgan fingerprint density at radius 2 is 2.11 bits per heavy atom. The fourth-order valence-corrected chi connectivity index (χ4v) is 2.84. The van der Waals surface area contributed by atoms with Crippen molar-refractivity contribution in [2.75, 3.05) is 18.0 Å². The number of hydrogen-bond donors (Lipinski definition) is 1. The summed E-state index contributed by atoms with van der Waals surface area (Å²) in [4.78, 5) is 2.46. The van der Waals surface area contributed by atoms with Gasteiger partial charge < -0.3 is 10.2 Å². The SMILES string of the molecule is CC(c1ccnn1C)N1CCNCc2ccccc21. The van der Waals surface area contributed by atoms with Gasteiger partial charge in [-0.3, -0.25) is 4.68 Å². The maximum absolute atomic E-state index is 4.29. The van der Waals surface area contributed by atoms with Crippen LogP contribution in [0, 0.1) is 0 Å². The summed E-state index contributed by atoms with van der Waals surface area (Å²) in [7, 11) is 2.01. The van der Waals surface area contributed by atoms with Gasteiger partial charge in [0, 0.05) is 38.6 Å². The first-order valence-electron chi connectivity index (χ1n) is 6.80. The standard InChI is InChI=1S/C15H20N4/c1-12(14-7-8-17-18(14)2)19-10-9-16-11-13-5-3-4-6-15(13)19/h3-8,12,16H,9-11H2,1-2H3. The number of benzene rings is 1. The number of hydrogen-bond acceptors (Lipinski definition) is 3. The Hall–Kier alpha value is -1.81. The van der Waals surface area contributed by atoms with Crippen LogP contribution >= 0.6 is 0 Å². The van der Waals surface area contributed by atoms with Gasteiger partial charge in [0.2, 0.25) is 0 Å². The lowest BCUT2D eigenvalue weighted by atomic mass is 10.1. The monoisotopic (exact) mass is 256 g/mol. The molecule has 4 heteroatoms. The number of nitrogens with zero attached hydrogens (tertiary/aromatic N) is 3. The van der Waals surface area contributed by atoms with Crippen LogP contribution in [-0.2, 0) is 13.6 Å². The molecule has 2 aromatic rings. The van der Waals surface area contributed by atoms with E-state index in [9.17, 15) is 0 Å². The smallest absolute Gasteiger partial charge is 0.0683 e. The van der Waals surface area contributed by atoms with Gasteiger partial charge in [0.05, 0.1) is 11.7 Å². The average Bonchev–Trinajstić information content (AvgIpc) is 2.74. The van der Waals surface area contributed by atoms with Crippen molar-refractivity contribution >= 4 is 5.69 Å². The highest BCUT2D eigenvalue weighted by atomic mass is 15.3. The highest BCUT2D eigenvalue weighted by Gasteiger charge is 2.22. The van der Waals surface area contributed by atoms with E-state index in [-0.39, 0.29) is 0 Å². The van der Waals surface area contributed by atoms with Crippen LogP contribution in [0.5, 0.6) is 0 Å². The van der Waals surface area contributed by atoms with Crippen LogP contribution in [0.2, 0.25) is 0 Å². The van der Waals surface area contributed by atoms with E-state index < -0.39 is 0 Å². The van der Waals surface area contributed by atoms with Gasteiger partial charge in [0.25, 0.3) is 0 Å². The van der Waals surface area contributed by atoms with E-state index >= 15 is 0 Å². The zero-order valence-electron chi connectivity index (χ0n) is 11.5. The van der Waals surface area contributed by atoms with Crippen molar-refractivity contribution in [2.24, 2.45) is 7.05 Å². The third-order valence-corrected chi connectivity index (χ3v) is 3.90. The molecule has 0 aliphatic carbocycles. The molecular weight excluding hydrogens is 236 g/mol. The van der Waals surface area contributed by atoms with Gasteiger partial charge in [-0.1, -0.05) is 18.2 Å². The summed E-state index contributed by atoms with van der Waals surface area (Å²) in [5.74, 6) is 0. The van der Waals surface area contributed by atoms with E-state index in [1.54, 1.807) is 0 Å². The van der Waals surface area contributed by atoms with Gasteiger partial charge in [-0.05, 0) is 24.6 Å². The van der Waals surface area contributed by atoms with Gasteiger partial charge in [0.15, 0.2) is 0 Å². The Bertz CT molecular complexity index is 561. The van der Waals surface area contributed by atoms with E-state index in [0.717, 1.165) is 19.6 Å². The Balaban J connectivity index is 1.98. The van der Waals surface area contributed by atoms with E-state index in [1.807, 2.05) is 17.9 Å². The van der Waals surface area contributed by atoms with Crippen LogP contribution in [0.3, 0.4) is 0 Å². The molecule has 4 nitrogen and oxygen atoms in total. The summed E-state index contributed by atoms with van der Waals surface area (Å²) in [6.45, 7) is 5.23. The molecule has 0 bridgehead atoms. The third-order valence-electron chi connectivity index (χ3n) is 3.90. The van der Waals surface area contributed by atoms with Crippen molar-refractivity contribution in [3.8, 4) is 0 Å². The lowest BCUT2D eigenvalue weighted by Gasteiger charge is -2.31. The van der Waals surface area contributed by atoms with E-state index in [0.29, 0.717) is 6.04 Å². The molecule has 1 unspecified atom stereocenters. The van der Waals surface area contributed by atoms with E-state index in [1.165, 1.54) is 16.9 Å². The molecule has 1 aliphatic heterocycles. The fourth-order valence-electron chi connectivity index (χ4n) is 2.84. The number of anilines is 1. The molecule has 0 fully saturated rings. The van der Waals surface area contributed by atoms with Crippen molar-refractivity contribution in [1.29, 1.82) is 0 Å². The first-order chi connectivity index (χ1) is 9.27. The van der Waals surface area contributed by atoms with Gasteiger partial charge in [-0.2, -0.15) is 5.10 Å². The Morgan fingerprint density at radius 1 is 1.26 bits per heavy atom. The topological polar surface area (TPSA) is 33.1 Å². The van der Waals surface area contributed by atoms with E-state index in [2.05, 4.69) is 52.6 Å². The van der Waals surface area contributed by atoms with E-state index in [4.69, 9.17) is 0 Å². The molecule has 0 spiro atoms. The van der Waals surface area contributed by atoms with Crippen molar-refractivity contribution in [3.05, 3.63) is 47.8 Å². The minimum absolute atomic E-state index is 0.327. The molecule has 1 aromatic heterocycles. The molecule has 1 N–H and O–H groups in total. The highest BCUT2D eigenvalue weighted by Crippen LogP contribution is 2.30. The Labute approximate surface area is 114 Å². The second kappa shape index (κ2) is 5.05. The summed E-state index contributed by atoms with van der Waals surface area (Å²) in [5, 5.41) is 7.77. The maximum atomic E-state index is 4.29. The highest BCUT2D eigenvalue weighted by molar-refractivity contribution is 5.55. The number of rotatable bonds is 2. The zero-order valence-corrected chi connectivity index (χ0v) is 11.5. The lowest BCUT2D eigenvalue weighted by Crippen LogP contribution is -2.32. The Kier molecular flexibility index (Phi) is 3.25. The molecule has 2 heterocycles. The minimum atomic E-state index is 0.327. The molecule has 100 valence electrons. The van der Waals surface area contributed by atoms with Crippen molar-refractivity contribution in [1.82, 2.24) is 15.1 Å². The van der Waals surface area contributed by atoms with Crippen LogP contribution in [0.15, 0.2) is 36.5 Å². The summed E-state index contributed by atoms with van der Waals surface area (Å²) >= 11 is 0. The Morgan fingerprint density at radius 3 is 2.89 bits per heavy atom.